The van der Waals surface area contributed by atoms with Crippen molar-refractivity contribution in [2.75, 3.05) is 19.4 Å². The SMILES string of the molecule is CN(C)C(=O)Nc1snc(SCc2ccccc2)c1C(N)=O. The molecule has 0 bridgehead atoms. The fraction of sp³-hybridized carbons (Fsp3) is 0.214. The van der Waals surface area contributed by atoms with Crippen LogP contribution in [0.4, 0.5) is 9.80 Å². The van der Waals surface area contributed by atoms with Crippen LogP contribution < -0.4 is 11.1 Å². The predicted molar refractivity (Wildman–Crippen MR) is 89.3 cm³/mol. The van der Waals surface area contributed by atoms with Crippen LogP contribution in [0.2, 0.25) is 0 Å². The number of nitrogens with one attached hydrogen (secondary N) is 1. The first kappa shape index (κ1) is 16.3. The lowest BCUT2D eigenvalue weighted by Crippen LogP contribution is -2.28. The van der Waals surface area contributed by atoms with Crippen LogP contribution in [0.25, 0.3) is 0 Å². The number of nitrogens with zero attached hydrogens (tertiary/aromatic N) is 2. The first-order chi connectivity index (χ1) is 10.5. The second-order valence-electron chi connectivity index (χ2n) is 4.65. The van der Waals surface area contributed by atoms with E-state index in [1.807, 2.05) is 30.3 Å². The monoisotopic (exact) mass is 336 g/mol. The Hall–Kier alpha value is -2.06. The molecule has 1 aromatic heterocycles. The Balaban J connectivity index is 2.16. The molecule has 3 amide bonds. The molecule has 22 heavy (non-hydrogen) atoms. The lowest BCUT2D eigenvalue weighted by Gasteiger charge is -2.11. The van der Waals surface area contributed by atoms with E-state index in [-0.39, 0.29) is 11.6 Å². The number of carbonyl (C=O) groups excluding carboxylic acids is 2. The third kappa shape index (κ3) is 3.99. The lowest BCUT2D eigenvalue weighted by molar-refractivity contribution is 0.0998. The second kappa shape index (κ2) is 7.28. The number of hydrogen-bond donors (Lipinski definition) is 2. The number of carbonyl (C=O) groups is 2. The second-order valence-corrected chi connectivity index (χ2v) is 6.39. The highest BCUT2D eigenvalue weighted by molar-refractivity contribution is 7.98. The van der Waals surface area contributed by atoms with Gasteiger partial charge in [0.15, 0.2) is 0 Å². The molecule has 1 aromatic carbocycles. The summed E-state index contributed by atoms with van der Waals surface area (Å²) in [6.45, 7) is 0. The number of rotatable bonds is 5. The molecule has 0 saturated carbocycles. The molecule has 0 atom stereocenters. The van der Waals surface area contributed by atoms with Crippen LogP contribution in [-0.2, 0) is 5.75 Å². The number of hydrogen-bond acceptors (Lipinski definition) is 5. The Kier molecular flexibility index (Phi) is 5.40. The van der Waals surface area contributed by atoms with Crippen molar-refractivity contribution in [3.05, 3.63) is 41.5 Å². The van der Waals surface area contributed by atoms with Gasteiger partial charge in [-0.15, -0.1) is 0 Å². The molecular formula is C14H16N4O2S2. The molecule has 8 heteroatoms. The molecule has 0 fully saturated rings. The number of anilines is 1. The summed E-state index contributed by atoms with van der Waals surface area (Å²) in [5, 5.41) is 3.55. The van der Waals surface area contributed by atoms with E-state index < -0.39 is 5.91 Å². The first-order valence-electron chi connectivity index (χ1n) is 6.43. The highest BCUT2D eigenvalue weighted by atomic mass is 32.2. The number of amides is 3. The van der Waals surface area contributed by atoms with Gasteiger partial charge in [-0.2, -0.15) is 4.37 Å². The third-order valence-corrected chi connectivity index (χ3v) is 4.68. The largest absolute Gasteiger partial charge is 0.365 e. The molecule has 116 valence electrons. The van der Waals surface area contributed by atoms with Gasteiger partial charge in [0.2, 0.25) is 0 Å². The molecule has 0 aliphatic rings. The summed E-state index contributed by atoms with van der Waals surface area (Å²) in [7, 11) is 3.23. The summed E-state index contributed by atoms with van der Waals surface area (Å²) in [6.07, 6.45) is 0. The molecule has 6 nitrogen and oxygen atoms in total. The predicted octanol–water partition coefficient (Wildman–Crippen LogP) is 2.63. The number of thioether (sulfide) groups is 1. The van der Waals surface area contributed by atoms with Crippen molar-refractivity contribution in [1.82, 2.24) is 9.27 Å². The van der Waals surface area contributed by atoms with Crippen molar-refractivity contribution in [2.24, 2.45) is 5.73 Å². The number of benzene rings is 1. The normalized spacial score (nSPS) is 10.3. The zero-order valence-electron chi connectivity index (χ0n) is 12.2. The van der Waals surface area contributed by atoms with Gasteiger partial charge in [-0.05, 0) is 17.1 Å². The summed E-state index contributed by atoms with van der Waals surface area (Å²) >= 11 is 2.47. The number of nitrogens with two attached hydrogens (primary N) is 1. The van der Waals surface area contributed by atoms with Gasteiger partial charge in [0.1, 0.15) is 15.6 Å². The summed E-state index contributed by atoms with van der Waals surface area (Å²) < 4.78 is 4.24. The molecule has 0 aliphatic heterocycles. The average Bonchev–Trinajstić information content (AvgIpc) is 2.89. The first-order valence-corrected chi connectivity index (χ1v) is 8.19. The standard InChI is InChI=1S/C14H16N4O2S2/c1-18(2)14(20)16-12-10(11(15)19)13(17-22-12)21-8-9-6-4-3-5-7-9/h3-7H,8H2,1-2H3,(H2,15,19)(H,16,20). The Morgan fingerprint density at radius 2 is 2.00 bits per heavy atom. The summed E-state index contributed by atoms with van der Waals surface area (Å²) in [5.74, 6) is 0.0738. The molecule has 0 saturated heterocycles. The minimum absolute atomic E-state index is 0.265. The minimum atomic E-state index is -0.599. The maximum absolute atomic E-state index is 11.7. The van der Waals surface area contributed by atoms with E-state index in [9.17, 15) is 9.59 Å². The van der Waals surface area contributed by atoms with Crippen LogP contribution in [0.5, 0.6) is 0 Å². The van der Waals surface area contributed by atoms with Crippen molar-refractivity contribution >= 4 is 40.2 Å². The van der Waals surface area contributed by atoms with E-state index in [1.54, 1.807) is 14.1 Å². The average molecular weight is 336 g/mol. The number of aromatic nitrogens is 1. The van der Waals surface area contributed by atoms with Gasteiger partial charge in [0.05, 0.1) is 0 Å². The van der Waals surface area contributed by atoms with Crippen LogP contribution in [0.15, 0.2) is 35.4 Å². The van der Waals surface area contributed by atoms with E-state index in [4.69, 9.17) is 5.73 Å². The van der Waals surface area contributed by atoms with Gasteiger partial charge >= 0.3 is 6.03 Å². The maximum Gasteiger partial charge on any atom is 0.321 e. The zero-order chi connectivity index (χ0) is 16.1. The number of primary amides is 1. The van der Waals surface area contributed by atoms with E-state index in [0.717, 1.165) is 17.1 Å². The van der Waals surface area contributed by atoms with Crippen molar-refractivity contribution < 1.29 is 9.59 Å². The van der Waals surface area contributed by atoms with E-state index in [2.05, 4.69) is 9.69 Å². The highest BCUT2D eigenvalue weighted by Crippen LogP contribution is 2.33. The van der Waals surface area contributed by atoms with Crippen LogP contribution in [0.1, 0.15) is 15.9 Å². The summed E-state index contributed by atoms with van der Waals surface area (Å²) in [4.78, 5) is 24.8. The van der Waals surface area contributed by atoms with Crippen molar-refractivity contribution in [3.8, 4) is 0 Å². The fourth-order valence-electron chi connectivity index (χ4n) is 1.61. The van der Waals surface area contributed by atoms with Gasteiger partial charge in [-0.1, -0.05) is 42.1 Å². The Labute approximate surface area is 136 Å². The van der Waals surface area contributed by atoms with Crippen molar-refractivity contribution in [1.29, 1.82) is 0 Å². The molecular weight excluding hydrogens is 320 g/mol. The van der Waals surface area contributed by atoms with Crippen molar-refractivity contribution in [2.45, 2.75) is 10.8 Å². The van der Waals surface area contributed by atoms with Crippen LogP contribution >= 0.6 is 23.3 Å². The lowest BCUT2D eigenvalue weighted by atomic mass is 10.2. The highest BCUT2D eigenvalue weighted by Gasteiger charge is 2.21. The Morgan fingerprint density at radius 1 is 1.32 bits per heavy atom. The Bertz CT molecular complexity index is 671. The smallest absolute Gasteiger partial charge is 0.321 e. The molecule has 2 rings (SSSR count). The van der Waals surface area contributed by atoms with Crippen LogP contribution in [0, 0.1) is 0 Å². The van der Waals surface area contributed by atoms with Gasteiger partial charge in [0.25, 0.3) is 5.91 Å². The Morgan fingerprint density at radius 3 is 2.59 bits per heavy atom. The maximum atomic E-state index is 11.7. The van der Waals surface area contributed by atoms with Gasteiger partial charge in [-0.3, -0.25) is 10.1 Å². The summed E-state index contributed by atoms with van der Waals surface area (Å²) in [5.41, 5.74) is 6.82. The molecule has 2 aromatic rings. The minimum Gasteiger partial charge on any atom is -0.365 e. The van der Waals surface area contributed by atoms with Crippen LogP contribution in [0.3, 0.4) is 0 Å². The molecule has 0 aliphatic carbocycles. The van der Waals surface area contributed by atoms with E-state index in [0.29, 0.717) is 15.8 Å². The molecule has 0 radical (unpaired) electrons. The third-order valence-electron chi connectivity index (χ3n) is 2.75. The van der Waals surface area contributed by atoms with E-state index in [1.165, 1.54) is 16.7 Å². The molecule has 0 unspecified atom stereocenters. The fourth-order valence-corrected chi connectivity index (χ4v) is 3.53. The molecule has 0 spiro atoms. The summed E-state index contributed by atoms with van der Waals surface area (Å²) in [6, 6.07) is 9.52. The molecule has 3 N–H and O–H groups in total. The quantitative estimate of drug-likeness (QED) is 0.822. The molecule has 1 heterocycles. The van der Waals surface area contributed by atoms with Crippen LogP contribution in [-0.4, -0.2) is 35.3 Å². The number of urea groups is 1. The van der Waals surface area contributed by atoms with E-state index >= 15 is 0 Å². The van der Waals surface area contributed by atoms with Gasteiger partial charge in [-0.25, -0.2) is 4.79 Å². The zero-order valence-corrected chi connectivity index (χ0v) is 13.8. The van der Waals surface area contributed by atoms with Gasteiger partial charge < -0.3 is 10.6 Å². The van der Waals surface area contributed by atoms with Gasteiger partial charge in [0, 0.05) is 19.8 Å². The topological polar surface area (TPSA) is 88.3 Å². The van der Waals surface area contributed by atoms with Crippen molar-refractivity contribution in [3.63, 3.8) is 0 Å².